The quantitative estimate of drug-likeness (QED) is 0.533. The molecule has 2 heteroatoms. The van der Waals surface area contributed by atoms with Gasteiger partial charge in [0.15, 0.2) is 0 Å². The molecule has 0 aromatic rings. The predicted octanol–water partition coefficient (Wildman–Crippen LogP) is 4.57. The van der Waals surface area contributed by atoms with Gasteiger partial charge in [-0.1, -0.05) is 45.4 Å². The van der Waals surface area contributed by atoms with Crippen molar-refractivity contribution in [2.24, 2.45) is 5.41 Å². The highest BCUT2D eigenvalue weighted by Gasteiger charge is 2.42. The van der Waals surface area contributed by atoms with Crippen LogP contribution in [0.4, 0.5) is 0 Å². The van der Waals surface area contributed by atoms with Crippen molar-refractivity contribution >= 4 is 0 Å². The molecule has 0 radical (unpaired) electrons. The van der Waals surface area contributed by atoms with Crippen LogP contribution in [0.5, 0.6) is 0 Å². The van der Waals surface area contributed by atoms with Crippen molar-refractivity contribution in [2.75, 3.05) is 20.3 Å². The summed E-state index contributed by atoms with van der Waals surface area (Å²) in [6.45, 7) is 6.09. The number of hydrogen-bond donors (Lipinski definition) is 0. The molecular formula is C16H32O2. The average molecular weight is 256 g/mol. The van der Waals surface area contributed by atoms with E-state index in [1.807, 2.05) is 7.11 Å². The molecule has 0 aromatic carbocycles. The van der Waals surface area contributed by atoms with Crippen LogP contribution in [-0.2, 0) is 9.47 Å². The summed E-state index contributed by atoms with van der Waals surface area (Å²) in [5.41, 5.74) is 0.316. The molecule has 2 unspecified atom stereocenters. The van der Waals surface area contributed by atoms with Gasteiger partial charge in [-0.05, 0) is 26.2 Å². The van der Waals surface area contributed by atoms with Gasteiger partial charge in [-0.2, -0.15) is 0 Å². The molecule has 0 amide bonds. The Labute approximate surface area is 113 Å². The van der Waals surface area contributed by atoms with Crippen LogP contribution in [-0.4, -0.2) is 26.4 Å². The Kier molecular flexibility index (Phi) is 7.92. The third-order valence-electron chi connectivity index (χ3n) is 4.48. The van der Waals surface area contributed by atoms with Crippen molar-refractivity contribution in [3.63, 3.8) is 0 Å². The van der Waals surface area contributed by atoms with Gasteiger partial charge in [-0.25, -0.2) is 0 Å². The maximum absolute atomic E-state index is 5.75. The monoisotopic (exact) mass is 256 g/mol. The van der Waals surface area contributed by atoms with Gasteiger partial charge >= 0.3 is 0 Å². The van der Waals surface area contributed by atoms with Crippen molar-refractivity contribution in [2.45, 2.75) is 77.7 Å². The molecule has 0 saturated heterocycles. The molecule has 1 saturated carbocycles. The SMILES string of the molecule is CCCCCCCC1(COCC)CCCC1OC. The molecular weight excluding hydrogens is 224 g/mol. The minimum absolute atomic E-state index is 0.316. The molecule has 0 heterocycles. The lowest BCUT2D eigenvalue weighted by molar-refractivity contribution is -0.0498. The Hall–Kier alpha value is -0.0800. The first kappa shape index (κ1) is 16.0. The fourth-order valence-electron chi connectivity index (χ4n) is 3.38. The molecule has 18 heavy (non-hydrogen) atoms. The van der Waals surface area contributed by atoms with Crippen LogP contribution in [0.3, 0.4) is 0 Å². The van der Waals surface area contributed by atoms with E-state index in [-0.39, 0.29) is 0 Å². The standard InChI is InChI=1S/C16H32O2/c1-4-6-7-8-9-12-16(14-18-5-2)13-10-11-15(16)17-3/h15H,4-14H2,1-3H3. The van der Waals surface area contributed by atoms with E-state index < -0.39 is 0 Å². The van der Waals surface area contributed by atoms with Crippen LogP contribution in [0.15, 0.2) is 0 Å². The van der Waals surface area contributed by atoms with E-state index in [2.05, 4.69) is 13.8 Å². The van der Waals surface area contributed by atoms with E-state index in [0.717, 1.165) is 13.2 Å². The summed E-state index contributed by atoms with van der Waals surface area (Å²) in [4.78, 5) is 0. The molecule has 1 rings (SSSR count). The molecule has 1 fully saturated rings. The zero-order chi connectivity index (χ0) is 13.3. The molecule has 0 N–H and O–H groups in total. The Morgan fingerprint density at radius 3 is 2.56 bits per heavy atom. The first-order valence-electron chi connectivity index (χ1n) is 7.89. The van der Waals surface area contributed by atoms with Gasteiger partial charge in [0.25, 0.3) is 0 Å². The number of hydrogen-bond acceptors (Lipinski definition) is 2. The highest BCUT2D eigenvalue weighted by Crippen LogP contribution is 2.44. The Bertz CT molecular complexity index is 205. The molecule has 0 aromatic heterocycles. The largest absolute Gasteiger partial charge is 0.381 e. The third-order valence-corrected chi connectivity index (χ3v) is 4.48. The second-order valence-corrected chi connectivity index (χ2v) is 5.78. The average Bonchev–Trinajstić information content (AvgIpc) is 2.79. The van der Waals surface area contributed by atoms with Crippen LogP contribution >= 0.6 is 0 Å². The van der Waals surface area contributed by atoms with E-state index in [0.29, 0.717) is 11.5 Å². The van der Waals surface area contributed by atoms with Gasteiger partial charge in [-0.15, -0.1) is 0 Å². The van der Waals surface area contributed by atoms with E-state index in [4.69, 9.17) is 9.47 Å². The fourth-order valence-corrected chi connectivity index (χ4v) is 3.38. The smallest absolute Gasteiger partial charge is 0.0649 e. The summed E-state index contributed by atoms with van der Waals surface area (Å²) in [5, 5.41) is 0. The van der Waals surface area contributed by atoms with Crippen LogP contribution in [0.25, 0.3) is 0 Å². The lowest BCUT2D eigenvalue weighted by atomic mass is 9.79. The Morgan fingerprint density at radius 1 is 1.11 bits per heavy atom. The molecule has 2 atom stereocenters. The van der Waals surface area contributed by atoms with Crippen molar-refractivity contribution in [3.8, 4) is 0 Å². The van der Waals surface area contributed by atoms with Crippen molar-refractivity contribution in [1.82, 2.24) is 0 Å². The van der Waals surface area contributed by atoms with Gasteiger partial charge in [0, 0.05) is 19.1 Å². The van der Waals surface area contributed by atoms with Crippen LogP contribution in [0.2, 0.25) is 0 Å². The summed E-state index contributed by atoms with van der Waals surface area (Å²) >= 11 is 0. The highest BCUT2D eigenvalue weighted by molar-refractivity contribution is 4.93. The number of rotatable bonds is 10. The lowest BCUT2D eigenvalue weighted by Crippen LogP contribution is -2.36. The highest BCUT2D eigenvalue weighted by atomic mass is 16.5. The predicted molar refractivity (Wildman–Crippen MR) is 77.0 cm³/mol. The van der Waals surface area contributed by atoms with E-state index >= 15 is 0 Å². The third kappa shape index (κ3) is 4.55. The van der Waals surface area contributed by atoms with Crippen LogP contribution in [0.1, 0.15) is 71.6 Å². The number of ether oxygens (including phenoxy) is 2. The van der Waals surface area contributed by atoms with Gasteiger partial charge in [0.1, 0.15) is 0 Å². The zero-order valence-corrected chi connectivity index (χ0v) is 12.7. The van der Waals surface area contributed by atoms with Gasteiger partial charge in [0.05, 0.1) is 12.7 Å². The molecule has 2 nitrogen and oxygen atoms in total. The van der Waals surface area contributed by atoms with Gasteiger partial charge in [0.2, 0.25) is 0 Å². The van der Waals surface area contributed by atoms with E-state index in [1.54, 1.807) is 0 Å². The summed E-state index contributed by atoms with van der Waals surface area (Å²) in [6, 6.07) is 0. The minimum Gasteiger partial charge on any atom is -0.381 e. The minimum atomic E-state index is 0.316. The maximum Gasteiger partial charge on any atom is 0.0649 e. The molecule has 0 aliphatic heterocycles. The molecule has 0 spiro atoms. The molecule has 108 valence electrons. The Balaban J connectivity index is 2.39. The van der Waals surface area contributed by atoms with E-state index in [9.17, 15) is 0 Å². The van der Waals surface area contributed by atoms with Gasteiger partial charge in [-0.3, -0.25) is 0 Å². The normalized spacial score (nSPS) is 27.8. The van der Waals surface area contributed by atoms with Crippen molar-refractivity contribution in [1.29, 1.82) is 0 Å². The summed E-state index contributed by atoms with van der Waals surface area (Å²) in [6.07, 6.45) is 12.3. The van der Waals surface area contributed by atoms with Crippen molar-refractivity contribution < 1.29 is 9.47 Å². The molecule has 0 bridgehead atoms. The first-order valence-corrected chi connectivity index (χ1v) is 7.89. The summed E-state index contributed by atoms with van der Waals surface area (Å²) in [5.74, 6) is 0. The summed E-state index contributed by atoms with van der Waals surface area (Å²) in [7, 11) is 1.87. The topological polar surface area (TPSA) is 18.5 Å². The lowest BCUT2D eigenvalue weighted by Gasteiger charge is -2.34. The van der Waals surface area contributed by atoms with E-state index in [1.165, 1.54) is 57.8 Å². The zero-order valence-electron chi connectivity index (χ0n) is 12.7. The second-order valence-electron chi connectivity index (χ2n) is 5.78. The maximum atomic E-state index is 5.75. The van der Waals surface area contributed by atoms with Crippen molar-refractivity contribution in [3.05, 3.63) is 0 Å². The van der Waals surface area contributed by atoms with Crippen LogP contribution < -0.4 is 0 Å². The molecule has 1 aliphatic rings. The number of methoxy groups -OCH3 is 1. The first-order chi connectivity index (χ1) is 8.79. The fraction of sp³-hybridized carbons (Fsp3) is 1.00. The number of unbranched alkanes of at least 4 members (excludes halogenated alkanes) is 4. The molecule has 1 aliphatic carbocycles. The van der Waals surface area contributed by atoms with Crippen LogP contribution in [0, 0.1) is 5.41 Å². The summed E-state index contributed by atoms with van der Waals surface area (Å²) < 4.78 is 11.5. The van der Waals surface area contributed by atoms with Gasteiger partial charge < -0.3 is 9.47 Å². The second kappa shape index (κ2) is 8.92. The Morgan fingerprint density at radius 2 is 1.89 bits per heavy atom.